The molecule has 1 atom stereocenters. The number of anilines is 1. The lowest BCUT2D eigenvalue weighted by Crippen LogP contribution is -2.29. The van der Waals surface area contributed by atoms with Crippen LogP contribution in [0.25, 0.3) is 16.0 Å². The van der Waals surface area contributed by atoms with Crippen molar-refractivity contribution in [2.75, 3.05) is 4.90 Å². The monoisotopic (exact) mass is 466 g/mol. The Labute approximate surface area is 190 Å². The van der Waals surface area contributed by atoms with E-state index in [1.807, 2.05) is 0 Å². The average Bonchev–Trinajstić information content (AvgIpc) is 3.41. The second-order valence-corrected chi connectivity index (χ2v) is 8.64. The second-order valence-electron chi connectivity index (χ2n) is 7.63. The summed E-state index contributed by atoms with van der Waals surface area (Å²) in [6.45, 7) is 3.29. The highest BCUT2D eigenvalue weighted by atomic mass is 32.1. The zero-order chi connectivity index (χ0) is 23.4. The minimum atomic E-state index is -1.27. The van der Waals surface area contributed by atoms with Crippen LogP contribution in [0.15, 0.2) is 58.5 Å². The van der Waals surface area contributed by atoms with Crippen LogP contribution in [0.5, 0.6) is 0 Å². The molecule has 1 aliphatic rings. The molecule has 1 fully saturated rings. The van der Waals surface area contributed by atoms with E-state index in [1.165, 1.54) is 42.5 Å². The van der Waals surface area contributed by atoms with E-state index in [9.17, 15) is 23.5 Å². The zero-order valence-electron chi connectivity index (χ0n) is 17.4. The third-order valence-electron chi connectivity index (χ3n) is 5.49. The predicted molar refractivity (Wildman–Crippen MR) is 119 cm³/mol. The van der Waals surface area contributed by atoms with Gasteiger partial charge in [0.05, 0.1) is 21.4 Å². The second kappa shape index (κ2) is 7.63. The summed E-state index contributed by atoms with van der Waals surface area (Å²) in [5.41, 5.74) is 0.395. The van der Waals surface area contributed by atoms with E-state index >= 15 is 0 Å². The maximum Gasteiger partial charge on any atom is 0.301 e. The standard InChI is InChI=1S/C24H16F2N2O4S/c1-11-9-15(12(2)32-11)21(29)19-20(14-5-3-4-6-16(14)26)28(23(31)22(19)30)24-27-17-8-7-13(25)10-18(17)33-24/h3-10,20,29H,1-2H3. The Bertz CT molecular complexity index is 1490. The first-order chi connectivity index (χ1) is 15.8. The summed E-state index contributed by atoms with van der Waals surface area (Å²) in [4.78, 5) is 31.7. The van der Waals surface area contributed by atoms with Gasteiger partial charge in [-0.3, -0.25) is 14.5 Å². The lowest BCUT2D eigenvalue weighted by Gasteiger charge is -2.23. The van der Waals surface area contributed by atoms with Crippen molar-refractivity contribution >= 4 is 44.1 Å². The van der Waals surface area contributed by atoms with Gasteiger partial charge in [-0.1, -0.05) is 29.5 Å². The number of rotatable bonds is 3. The summed E-state index contributed by atoms with van der Waals surface area (Å²) in [7, 11) is 0. The molecular formula is C24H16F2N2O4S. The molecule has 0 aliphatic carbocycles. The van der Waals surface area contributed by atoms with Gasteiger partial charge in [0, 0.05) is 5.56 Å². The van der Waals surface area contributed by atoms with Crippen LogP contribution in [0.2, 0.25) is 0 Å². The molecule has 2 aromatic heterocycles. The van der Waals surface area contributed by atoms with Crippen molar-refractivity contribution in [2.24, 2.45) is 0 Å². The number of aliphatic hydroxyl groups is 1. The van der Waals surface area contributed by atoms with Crippen molar-refractivity contribution in [3.63, 3.8) is 0 Å². The number of benzene rings is 2. The number of furan rings is 1. The molecule has 4 aromatic rings. The normalized spacial score (nSPS) is 17.9. The van der Waals surface area contributed by atoms with Gasteiger partial charge >= 0.3 is 5.91 Å². The summed E-state index contributed by atoms with van der Waals surface area (Å²) in [5, 5.41) is 11.2. The van der Waals surface area contributed by atoms with Crippen molar-refractivity contribution < 1.29 is 27.9 Å². The van der Waals surface area contributed by atoms with E-state index in [1.54, 1.807) is 19.9 Å². The molecule has 0 saturated carbocycles. The highest BCUT2D eigenvalue weighted by Crippen LogP contribution is 2.45. The van der Waals surface area contributed by atoms with E-state index in [0.29, 0.717) is 21.7 Å². The Morgan fingerprint density at radius 3 is 2.58 bits per heavy atom. The third-order valence-corrected chi connectivity index (χ3v) is 6.50. The van der Waals surface area contributed by atoms with Crippen LogP contribution in [0.3, 0.4) is 0 Å². The smallest absolute Gasteiger partial charge is 0.301 e. The number of aryl methyl sites for hydroxylation is 2. The third kappa shape index (κ3) is 3.32. The molecule has 33 heavy (non-hydrogen) atoms. The predicted octanol–water partition coefficient (Wildman–Crippen LogP) is 5.41. The Morgan fingerprint density at radius 1 is 1.12 bits per heavy atom. The van der Waals surface area contributed by atoms with Crippen molar-refractivity contribution in [2.45, 2.75) is 19.9 Å². The molecule has 0 radical (unpaired) electrons. The number of amides is 1. The molecule has 1 saturated heterocycles. The van der Waals surface area contributed by atoms with Crippen molar-refractivity contribution in [1.82, 2.24) is 4.98 Å². The highest BCUT2D eigenvalue weighted by Gasteiger charge is 2.49. The quantitative estimate of drug-likeness (QED) is 0.248. The molecule has 5 rings (SSSR count). The average molecular weight is 466 g/mol. The number of Topliss-reactive ketones (excluding diaryl/α,β-unsaturated/α-hetero) is 1. The van der Waals surface area contributed by atoms with E-state index < -0.39 is 35.1 Å². The van der Waals surface area contributed by atoms with Gasteiger partial charge < -0.3 is 9.52 Å². The number of hydrogen-bond donors (Lipinski definition) is 1. The van der Waals surface area contributed by atoms with Crippen LogP contribution < -0.4 is 4.90 Å². The fourth-order valence-corrected chi connectivity index (χ4v) is 5.04. The topological polar surface area (TPSA) is 83.6 Å². The summed E-state index contributed by atoms with van der Waals surface area (Å²) in [5.74, 6) is -2.71. The van der Waals surface area contributed by atoms with Gasteiger partial charge in [0.1, 0.15) is 35.0 Å². The maximum atomic E-state index is 14.9. The minimum absolute atomic E-state index is 0.0153. The number of ketones is 1. The maximum absolute atomic E-state index is 14.9. The number of nitrogens with zero attached hydrogens (tertiary/aromatic N) is 2. The summed E-state index contributed by atoms with van der Waals surface area (Å²) >= 11 is 0.992. The molecule has 1 unspecified atom stereocenters. The van der Waals surface area contributed by atoms with Crippen LogP contribution in [0.1, 0.15) is 28.7 Å². The van der Waals surface area contributed by atoms with Crippen LogP contribution in [-0.2, 0) is 9.59 Å². The van der Waals surface area contributed by atoms with E-state index in [4.69, 9.17) is 4.42 Å². The molecule has 1 amide bonds. The van der Waals surface area contributed by atoms with Gasteiger partial charge in [-0.25, -0.2) is 13.8 Å². The summed E-state index contributed by atoms with van der Waals surface area (Å²) in [6, 6.07) is 9.92. The number of carbonyl (C=O) groups is 2. The first-order valence-electron chi connectivity index (χ1n) is 9.95. The molecule has 0 spiro atoms. The van der Waals surface area contributed by atoms with Crippen LogP contribution in [0, 0.1) is 25.5 Å². The summed E-state index contributed by atoms with van der Waals surface area (Å²) < 4.78 is 34.5. The first-order valence-corrected chi connectivity index (χ1v) is 10.8. The Hall–Kier alpha value is -3.85. The number of halogens is 2. The zero-order valence-corrected chi connectivity index (χ0v) is 18.2. The number of aromatic nitrogens is 1. The van der Waals surface area contributed by atoms with Crippen molar-refractivity contribution in [3.8, 4) is 0 Å². The fraction of sp³-hybridized carbons (Fsp3) is 0.125. The van der Waals surface area contributed by atoms with Gasteiger partial charge in [0.25, 0.3) is 5.78 Å². The van der Waals surface area contributed by atoms with Gasteiger partial charge in [-0.2, -0.15) is 0 Å². The molecule has 6 nitrogen and oxygen atoms in total. The van der Waals surface area contributed by atoms with Gasteiger partial charge in [-0.05, 0) is 44.2 Å². The van der Waals surface area contributed by atoms with E-state index in [-0.39, 0.29) is 21.8 Å². The SMILES string of the molecule is Cc1cc(C(O)=C2C(=O)C(=O)N(c3nc4ccc(F)cc4s3)C2c2ccccc2F)c(C)o1. The number of thiazole rings is 1. The molecular weight excluding hydrogens is 450 g/mol. The van der Waals surface area contributed by atoms with E-state index in [2.05, 4.69) is 4.98 Å². The largest absolute Gasteiger partial charge is 0.507 e. The van der Waals surface area contributed by atoms with Gasteiger partial charge in [0.2, 0.25) is 0 Å². The molecule has 1 N–H and O–H groups in total. The molecule has 2 aromatic carbocycles. The van der Waals surface area contributed by atoms with Crippen LogP contribution >= 0.6 is 11.3 Å². The minimum Gasteiger partial charge on any atom is -0.507 e. The van der Waals surface area contributed by atoms with Gasteiger partial charge in [0.15, 0.2) is 5.13 Å². The number of aliphatic hydroxyl groups excluding tert-OH is 1. The van der Waals surface area contributed by atoms with Crippen LogP contribution in [-0.4, -0.2) is 21.8 Å². The number of fused-ring (bicyclic) bond motifs is 1. The number of carbonyl (C=O) groups excluding carboxylic acids is 2. The Balaban J connectivity index is 1.77. The lowest BCUT2D eigenvalue weighted by atomic mass is 9.95. The molecule has 166 valence electrons. The lowest BCUT2D eigenvalue weighted by molar-refractivity contribution is -0.132. The van der Waals surface area contributed by atoms with Crippen molar-refractivity contribution in [1.29, 1.82) is 0 Å². The fourth-order valence-electron chi connectivity index (χ4n) is 4.02. The molecule has 0 bridgehead atoms. The van der Waals surface area contributed by atoms with Crippen LogP contribution in [0.4, 0.5) is 13.9 Å². The first kappa shape index (κ1) is 21.0. The van der Waals surface area contributed by atoms with E-state index in [0.717, 1.165) is 16.2 Å². The molecule has 3 heterocycles. The molecule has 1 aliphatic heterocycles. The Morgan fingerprint density at radius 2 is 1.88 bits per heavy atom. The molecule has 9 heteroatoms. The van der Waals surface area contributed by atoms with Crippen molar-refractivity contribution in [3.05, 3.63) is 88.4 Å². The van der Waals surface area contributed by atoms with Gasteiger partial charge in [-0.15, -0.1) is 0 Å². The Kier molecular flexibility index (Phi) is 4.86. The number of hydrogen-bond acceptors (Lipinski definition) is 6. The highest BCUT2D eigenvalue weighted by molar-refractivity contribution is 7.22. The summed E-state index contributed by atoms with van der Waals surface area (Å²) in [6.07, 6.45) is 0.